The van der Waals surface area contributed by atoms with Crippen molar-refractivity contribution in [1.82, 2.24) is 0 Å². The van der Waals surface area contributed by atoms with Gasteiger partial charge in [0.05, 0.1) is 0 Å². The third-order valence-electron chi connectivity index (χ3n) is 12.6. The van der Waals surface area contributed by atoms with Crippen LogP contribution < -0.4 is 0 Å². The molecule has 0 N–H and O–H groups in total. The van der Waals surface area contributed by atoms with E-state index < -0.39 is 6.10 Å². The van der Waals surface area contributed by atoms with Crippen molar-refractivity contribution in [2.24, 2.45) is 0 Å². The highest BCUT2D eigenvalue weighted by Gasteiger charge is 2.19. The molecule has 0 bridgehead atoms. The number of unbranched alkanes of at least 4 members (excludes halogenated alkanes) is 21. The summed E-state index contributed by atoms with van der Waals surface area (Å²) in [5, 5.41) is 0. The van der Waals surface area contributed by atoms with E-state index in [1.54, 1.807) is 0 Å². The predicted octanol–water partition coefficient (Wildman–Crippen LogP) is 21.0. The minimum absolute atomic E-state index is 0.0958. The van der Waals surface area contributed by atoms with Crippen molar-refractivity contribution < 1.29 is 28.6 Å². The number of carbonyl (C=O) groups is 3. The van der Waals surface area contributed by atoms with Crippen molar-refractivity contribution in [2.45, 2.75) is 271 Å². The Hall–Kier alpha value is -4.45. The summed E-state index contributed by atoms with van der Waals surface area (Å²) in [5.74, 6) is -0.946. The van der Waals surface area contributed by atoms with E-state index in [-0.39, 0.29) is 31.1 Å². The number of hydrogen-bond donors (Lipinski definition) is 0. The molecule has 0 radical (unpaired) electrons. The van der Waals surface area contributed by atoms with Gasteiger partial charge in [-0.3, -0.25) is 14.4 Å². The second kappa shape index (κ2) is 62.1. The maximum absolute atomic E-state index is 12.8. The summed E-state index contributed by atoms with van der Waals surface area (Å²) in [6, 6.07) is 0. The molecule has 0 saturated heterocycles. The second-order valence-corrected chi connectivity index (χ2v) is 19.9. The van der Waals surface area contributed by atoms with Gasteiger partial charge in [-0.1, -0.05) is 264 Å². The van der Waals surface area contributed by atoms with E-state index in [1.807, 2.05) is 0 Å². The fourth-order valence-corrected chi connectivity index (χ4v) is 8.04. The summed E-state index contributed by atoms with van der Waals surface area (Å²) in [7, 11) is 0. The number of esters is 3. The van der Waals surface area contributed by atoms with E-state index in [0.29, 0.717) is 19.3 Å². The summed E-state index contributed by atoms with van der Waals surface area (Å²) in [4.78, 5) is 38.1. The van der Waals surface area contributed by atoms with Gasteiger partial charge in [0.2, 0.25) is 0 Å². The van der Waals surface area contributed by atoms with Crippen LogP contribution in [0.2, 0.25) is 0 Å². The van der Waals surface area contributed by atoms with E-state index >= 15 is 0 Å². The Balaban J connectivity index is 4.36. The molecule has 6 heteroatoms. The van der Waals surface area contributed by atoms with E-state index in [2.05, 4.69) is 154 Å². The molecule has 0 spiro atoms. The minimum atomic E-state index is -0.802. The number of carbonyl (C=O) groups excluding carboxylic acids is 3. The van der Waals surface area contributed by atoms with Gasteiger partial charge in [0.15, 0.2) is 6.10 Å². The summed E-state index contributed by atoms with van der Waals surface area (Å²) in [6.45, 7) is 6.44. The topological polar surface area (TPSA) is 78.9 Å². The number of hydrogen-bond acceptors (Lipinski definition) is 6. The molecule has 0 heterocycles. The Kier molecular flexibility index (Phi) is 58.4. The van der Waals surface area contributed by atoms with Gasteiger partial charge < -0.3 is 14.2 Å². The van der Waals surface area contributed by atoms with Crippen molar-refractivity contribution in [3.63, 3.8) is 0 Å². The molecule has 0 amide bonds. The maximum Gasteiger partial charge on any atom is 0.306 e. The zero-order valence-corrected chi connectivity index (χ0v) is 48.5. The van der Waals surface area contributed by atoms with Crippen molar-refractivity contribution in [3.05, 3.63) is 134 Å². The highest BCUT2D eigenvalue weighted by atomic mass is 16.6. The van der Waals surface area contributed by atoms with E-state index in [9.17, 15) is 14.4 Å². The third-order valence-corrected chi connectivity index (χ3v) is 12.6. The summed E-state index contributed by atoms with van der Waals surface area (Å²) >= 11 is 0. The number of ether oxygens (including phenoxy) is 3. The lowest BCUT2D eigenvalue weighted by molar-refractivity contribution is -0.167. The Morgan fingerprint density at radius 2 is 0.533 bits per heavy atom. The van der Waals surface area contributed by atoms with Crippen LogP contribution in [0, 0.1) is 0 Å². The van der Waals surface area contributed by atoms with Gasteiger partial charge in [-0.15, -0.1) is 0 Å². The normalized spacial score (nSPS) is 13.1. The molecule has 75 heavy (non-hydrogen) atoms. The zero-order valence-electron chi connectivity index (χ0n) is 48.5. The summed E-state index contributed by atoms with van der Waals surface area (Å²) < 4.78 is 16.8. The van der Waals surface area contributed by atoms with Gasteiger partial charge in [-0.25, -0.2) is 0 Å². The van der Waals surface area contributed by atoms with Crippen LogP contribution in [0.5, 0.6) is 0 Å². The summed E-state index contributed by atoms with van der Waals surface area (Å²) in [6.07, 6.45) is 87.4. The number of allylic oxidation sites excluding steroid dienone is 22. The first-order chi connectivity index (χ1) is 37.0. The van der Waals surface area contributed by atoms with Crippen LogP contribution in [0.15, 0.2) is 134 Å². The molecule has 0 aromatic carbocycles. The standard InChI is InChI=1S/C69H112O6/c1-4-7-10-13-16-19-22-25-27-28-29-30-31-32-33-34-35-36-37-38-39-40-41-42-43-45-47-50-53-56-59-62-68(71)74-65-66(64-73-67(70)61-58-55-52-49-46-24-21-18-15-12-9-6-3)75-69(72)63-60-57-54-51-48-44-26-23-20-17-14-11-8-5-2/h7,10,14,16-17,19,23,25-27,29-30,32-33,35-36,38-39,41-42,45,47,66H,4-6,8-9,11-13,15,18,20-22,24,28,31,34,37,40,43-44,46,48-65H2,1-3H3/b10-7-,17-14-,19-16-,26-23-,27-25-,30-29-,33-32-,36-35-,39-38-,42-41-,47-45-. The van der Waals surface area contributed by atoms with Gasteiger partial charge in [-0.2, -0.15) is 0 Å². The first-order valence-corrected chi connectivity index (χ1v) is 30.7. The van der Waals surface area contributed by atoms with E-state index in [4.69, 9.17) is 14.2 Å². The molecule has 0 aliphatic carbocycles. The van der Waals surface area contributed by atoms with Crippen molar-refractivity contribution in [1.29, 1.82) is 0 Å². The summed E-state index contributed by atoms with van der Waals surface area (Å²) in [5.41, 5.74) is 0. The Morgan fingerprint density at radius 1 is 0.280 bits per heavy atom. The monoisotopic (exact) mass is 1040 g/mol. The molecule has 6 nitrogen and oxygen atoms in total. The molecule has 0 aliphatic heterocycles. The highest BCUT2D eigenvalue weighted by Crippen LogP contribution is 2.14. The van der Waals surface area contributed by atoms with Gasteiger partial charge >= 0.3 is 17.9 Å². The number of rotatable bonds is 54. The van der Waals surface area contributed by atoms with Crippen LogP contribution in [0.4, 0.5) is 0 Å². The zero-order chi connectivity index (χ0) is 54.3. The smallest absolute Gasteiger partial charge is 0.306 e. The first-order valence-electron chi connectivity index (χ1n) is 30.7. The molecule has 0 aromatic rings. The lowest BCUT2D eigenvalue weighted by Gasteiger charge is -2.18. The molecule has 0 aliphatic rings. The third kappa shape index (κ3) is 60.3. The van der Waals surface area contributed by atoms with Crippen molar-refractivity contribution in [2.75, 3.05) is 13.2 Å². The molecule has 1 unspecified atom stereocenters. The quantitative estimate of drug-likeness (QED) is 0.0261. The molecule has 0 fully saturated rings. The van der Waals surface area contributed by atoms with Crippen LogP contribution in [0.3, 0.4) is 0 Å². The van der Waals surface area contributed by atoms with E-state index in [0.717, 1.165) is 148 Å². The van der Waals surface area contributed by atoms with Crippen LogP contribution in [0.25, 0.3) is 0 Å². The van der Waals surface area contributed by atoms with Crippen LogP contribution in [0.1, 0.15) is 265 Å². The molecule has 0 rings (SSSR count). The fourth-order valence-electron chi connectivity index (χ4n) is 8.04. The Bertz CT molecular complexity index is 1620. The Morgan fingerprint density at radius 3 is 0.867 bits per heavy atom. The van der Waals surface area contributed by atoms with Gasteiger partial charge in [0.1, 0.15) is 13.2 Å². The molecule has 1 atom stereocenters. The molecule has 0 saturated carbocycles. The van der Waals surface area contributed by atoms with Crippen LogP contribution in [-0.4, -0.2) is 37.2 Å². The second-order valence-electron chi connectivity index (χ2n) is 19.9. The first kappa shape index (κ1) is 70.5. The van der Waals surface area contributed by atoms with Gasteiger partial charge in [0, 0.05) is 19.3 Å². The Labute approximate surface area is 462 Å². The SMILES string of the molecule is CC/C=C\C/C=C\C/C=C\C/C=C\C/C=C\C/C=C\C/C=C\C/C=C\C/C=C\CCCCCC(=O)OCC(COC(=O)CCCCCCCCCCCCCC)OC(=O)CCCCCCC/C=C\C/C=C\CCCC. The lowest BCUT2D eigenvalue weighted by atomic mass is 10.0. The van der Waals surface area contributed by atoms with Crippen molar-refractivity contribution >= 4 is 17.9 Å². The average molecular weight is 1040 g/mol. The molecular weight excluding hydrogens is 925 g/mol. The largest absolute Gasteiger partial charge is 0.462 e. The van der Waals surface area contributed by atoms with Crippen LogP contribution >= 0.6 is 0 Å². The fraction of sp³-hybridized carbons (Fsp3) is 0.638. The molecule has 0 aromatic heterocycles. The predicted molar refractivity (Wildman–Crippen MR) is 325 cm³/mol. The van der Waals surface area contributed by atoms with Gasteiger partial charge in [-0.05, 0) is 116 Å². The van der Waals surface area contributed by atoms with Crippen molar-refractivity contribution in [3.8, 4) is 0 Å². The molecule has 424 valence electrons. The highest BCUT2D eigenvalue weighted by molar-refractivity contribution is 5.71. The molecular formula is C69H112O6. The maximum atomic E-state index is 12.8. The van der Waals surface area contributed by atoms with Gasteiger partial charge in [0.25, 0.3) is 0 Å². The minimum Gasteiger partial charge on any atom is -0.462 e. The van der Waals surface area contributed by atoms with E-state index in [1.165, 1.54) is 77.0 Å². The lowest BCUT2D eigenvalue weighted by Crippen LogP contribution is -2.30. The van der Waals surface area contributed by atoms with Crippen LogP contribution in [-0.2, 0) is 28.6 Å². The average Bonchev–Trinajstić information content (AvgIpc) is 3.41.